The number of carbonyl (C=O) groups is 1. The Morgan fingerprint density at radius 3 is 2.65 bits per heavy atom. The van der Waals surface area contributed by atoms with E-state index in [9.17, 15) is 4.79 Å². The molecule has 20 heavy (non-hydrogen) atoms. The van der Waals surface area contributed by atoms with Crippen LogP contribution in [0.1, 0.15) is 37.7 Å². The molecule has 106 valence electrons. The number of pyridine rings is 1. The fourth-order valence-corrected chi connectivity index (χ4v) is 2.28. The lowest BCUT2D eigenvalue weighted by molar-refractivity contribution is 0.0690. The number of benzene rings is 1. The molecule has 1 heterocycles. The number of hydrogen-bond acceptors (Lipinski definition) is 3. The van der Waals surface area contributed by atoms with Gasteiger partial charge in [0.2, 0.25) is 0 Å². The van der Waals surface area contributed by atoms with E-state index in [1.54, 1.807) is 6.07 Å². The molecule has 1 atom stereocenters. The summed E-state index contributed by atoms with van der Waals surface area (Å²) >= 11 is 0. The van der Waals surface area contributed by atoms with Gasteiger partial charge >= 0.3 is 5.97 Å². The fraction of sp³-hybridized carbons (Fsp3) is 0.375. The van der Waals surface area contributed by atoms with Crippen LogP contribution in [0, 0.1) is 5.92 Å². The Bertz CT molecular complexity index is 622. The van der Waals surface area contributed by atoms with Crippen molar-refractivity contribution in [1.82, 2.24) is 4.98 Å². The minimum Gasteiger partial charge on any atom is -0.490 e. The molecule has 0 aliphatic carbocycles. The predicted molar refractivity (Wildman–Crippen MR) is 78.2 cm³/mol. The van der Waals surface area contributed by atoms with E-state index in [1.807, 2.05) is 25.1 Å². The van der Waals surface area contributed by atoms with Crippen LogP contribution in [-0.4, -0.2) is 22.2 Å². The zero-order chi connectivity index (χ0) is 14.7. The number of aromatic carboxylic acids is 1. The number of carboxylic acids is 1. The van der Waals surface area contributed by atoms with Crippen LogP contribution < -0.4 is 4.74 Å². The number of ether oxygens (including phenoxy) is 1. The van der Waals surface area contributed by atoms with E-state index >= 15 is 0 Å². The molecule has 0 radical (unpaired) electrons. The van der Waals surface area contributed by atoms with Gasteiger partial charge in [-0.25, -0.2) is 9.78 Å². The van der Waals surface area contributed by atoms with Crippen LogP contribution in [0.3, 0.4) is 0 Å². The summed E-state index contributed by atoms with van der Waals surface area (Å²) in [5, 5.41) is 9.97. The molecule has 4 nitrogen and oxygen atoms in total. The van der Waals surface area contributed by atoms with E-state index in [-0.39, 0.29) is 11.8 Å². The Balaban J connectivity index is 2.42. The Morgan fingerprint density at radius 1 is 1.30 bits per heavy atom. The van der Waals surface area contributed by atoms with Crippen LogP contribution in [0.5, 0.6) is 5.75 Å². The van der Waals surface area contributed by atoms with Crippen molar-refractivity contribution >= 4 is 16.9 Å². The molecule has 1 aromatic heterocycles. The molecule has 0 saturated heterocycles. The molecule has 0 aliphatic rings. The molecule has 1 N–H and O–H groups in total. The van der Waals surface area contributed by atoms with Crippen molar-refractivity contribution in [3.8, 4) is 5.75 Å². The SMILES string of the molecule is CC(C)CC(C)Oc1cc(C(=O)O)nc2ccccc12. The lowest BCUT2D eigenvalue weighted by Crippen LogP contribution is -2.15. The van der Waals surface area contributed by atoms with Crippen LogP contribution in [0.4, 0.5) is 0 Å². The van der Waals surface area contributed by atoms with Crippen molar-refractivity contribution in [2.75, 3.05) is 0 Å². The van der Waals surface area contributed by atoms with Gasteiger partial charge in [-0.3, -0.25) is 0 Å². The van der Waals surface area contributed by atoms with Gasteiger partial charge in [-0.05, 0) is 31.4 Å². The largest absolute Gasteiger partial charge is 0.490 e. The fourth-order valence-electron chi connectivity index (χ4n) is 2.28. The number of aromatic nitrogens is 1. The van der Waals surface area contributed by atoms with E-state index in [1.165, 1.54) is 6.07 Å². The van der Waals surface area contributed by atoms with Gasteiger partial charge in [0, 0.05) is 11.5 Å². The van der Waals surface area contributed by atoms with Crippen LogP contribution in [0.15, 0.2) is 30.3 Å². The number of carboxylic acid groups (broad SMARTS) is 1. The number of fused-ring (bicyclic) bond motifs is 1. The molecular weight excluding hydrogens is 254 g/mol. The first-order valence-electron chi connectivity index (χ1n) is 6.77. The topological polar surface area (TPSA) is 59.4 Å². The molecule has 0 aliphatic heterocycles. The molecule has 2 rings (SSSR count). The van der Waals surface area contributed by atoms with Gasteiger partial charge in [0.15, 0.2) is 5.69 Å². The van der Waals surface area contributed by atoms with Gasteiger partial charge < -0.3 is 9.84 Å². The van der Waals surface area contributed by atoms with E-state index in [2.05, 4.69) is 18.8 Å². The van der Waals surface area contributed by atoms with Gasteiger partial charge in [-0.1, -0.05) is 26.0 Å². The third kappa shape index (κ3) is 3.26. The van der Waals surface area contributed by atoms with Crippen LogP contribution >= 0.6 is 0 Å². The molecule has 1 aromatic carbocycles. The van der Waals surface area contributed by atoms with Gasteiger partial charge in [0.1, 0.15) is 5.75 Å². The quantitative estimate of drug-likeness (QED) is 0.901. The second kappa shape index (κ2) is 5.90. The molecule has 1 unspecified atom stereocenters. The summed E-state index contributed by atoms with van der Waals surface area (Å²) in [4.78, 5) is 15.3. The average Bonchev–Trinajstić information content (AvgIpc) is 2.37. The molecule has 0 bridgehead atoms. The molecule has 2 aromatic rings. The summed E-state index contributed by atoms with van der Waals surface area (Å²) in [6.45, 7) is 6.26. The summed E-state index contributed by atoms with van der Waals surface area (Å²) in [5.41, 5.74) is 0.648. The third-order valence-electron chi connectivity index (χ3n) is 3.03. The first-order valence-corrected chi connectivity index (χ1v) is 6.77. The molecule has 4 heteroatoms. The highest BCUT2D eigenvalue weighted by atomic mass is 16.5. The predicted octanol–water partition coefficient (Wildman–Crippen LogP) is 3.75. The maximum absolute atomic E-state index is 11.1. The van der Waals surface area contributed by atoms with E-state index in [4.69, 9.17) is 9.84 Å². The van der Waals surface area contributed by atoms with Crippen molar-refractivity contribution < 1.29 is 14.6 Å². The molecule has 0 saturated carbocycles. The Hall–Kier alpha value is -2.10. The summed E-state index contributed by atoms with van der Waals surface area (Å²) in [6.07, 6.45) is 0.946. The summed E-state index contributed by atoms with van der Waals surface area (Å²) in [6, 6.07) is 8.92. The highest BCUT2D eigenvalue weighted by molar-refractivity contribution is 5.93. The van der Waals surface area contributed by atoms with E-state index < -0.39 is 5.97 Å². The number of hydrogen-bond donors (Lipinski definition) is 1. The van der Waals surface area contributed by atoms with E-state index in [0.29, 0.717) is 17.2 Å². The normalized spacial score (nSPS) is 12.6. The van der Waals surface area contributed by atoms with Crippen LogP contribution in [-0.2, 0) is 0 Å². The first-order chi connectivity index (χ1) is 9.47. The van der Waals surface area contributed by atoms with Crippen molar-refractivity contribution in [3.05, 3.63) is 36.0 Å². The molecule has 0 spiro atoms. The highest BCUT2D eigenvalue weighted by Crippen LogP contribution is 2.27. The number of nitrogens with zero attached hydrogens (tertiary/aromatic N) is 1. The highest BCUT2D eigenvalue weighted by Gasteiger charge is 2.14. The van der Waals surface area contributed by atoms with Gasteiger partial charge in [0.25, 0.3) is 0 Å². The minimum atomic E-state index is -1.04. The van der Waals surface area contributed by atoms with Crippen LogP contribution in [0.2, 0.25) is 0 Å². The molecular formula is C16H19NO3. The molecule has 0 fully saturated rings. The number of rotatable bonds is 5. The van der Waals surface area contributed by atoms with E-state index in [0.717, 1.165) is 11.8 Å². The third-order valence-corrected chi connectivity index (χ3v) is 3.03. The second-order valence-electron chi connectivity index (χ2n) is 5.39. The standard InChI is InChI=1S/C16H19NO3/c1-10(2)8-11(3)20-15-9-14(16(18)19)17-13-7-5-4-6-12(13)15/h4-7,9-11H,8H2,1-3H3,(H,18,19). The van der Waals surface area contributed by atoms with Crippen molar-refractivity contribution in [2.45, 2.75) is 33.3 Å². The average molecular weight is 273 g/mol. The van der Waals surface area contributed by atoms with Gasteiger partial charge in [-0.2, -0.15) is 0 Å². The second-order valence-corrected chi connectivity index (χ2v) is 5.39. The summed E-state index contributed by atoms with van der Waals surface area (Å²) in [5.74, 6) is 0.0651. The Labute approximate surface area is 118 Å². The van der Waals surface area contributed by atoms with Crippen molar-refractivity contribution in [2.24, 2.45) is 5.92 Å². The Morgan fingerprint density at radius 2 is 2.00 bits per heavy atom. The summed E-state index contributed by atoms with van der Waals surface area (Å²) < 4.78 is 5.93. The zero-order valence-corrected chi connectivity index (χ0v) is 12.0. The lowest BCUT2D eigenvalue weighted by Gasteiger charge is -2.18. The maximum Gasteiger partial charge on any atom is 0.354 e. The van der Waals surface area contributed by atoms with Gasteiger partial charge in [-0.15, -0.1) is 0 Å². The summed E-state index contributed by atoms with van der Waals surface area (Å²) in [7, 11) is 0. The Kier molecular flexibility index (Phi) is 4.23. The smallest absolute Gasteiger partial charge is 0.354 e. The van der Waals surface area contributed by atoms with Crippen LogP contribution in [0.25, 0.3) is 10.9 Å². The minimum absolute atomic E-state index is 0.00967. The monoisotopic (exact) mass is 273 g/mol. The number of para-hydroxylation sites is 1. The van der Waals surface area contributed by atoms with Gasteiger partial charge in [0.05, 0.1) is 11.6 Å². The molecule has 0 amide bonds. The lowest BCUT2D eigenvalue weighted by atomic mass is 10.1. The van der Waals surface area contributed by atoms with Crippen molar-refractivity contribution in [1.29, 1.82) is 0 Å². The van der Waals surface area contributed by atoms with Crippen molar-refractivity contribution in [3.63, 3.8) is 0 Å². The first kappa shape index (κ1) is 14.3. The maximum atomic E-state index is 11.1. The zero-order valence-electron chi connectivity index (χ0n) is 12.0.